The average Bonchev–Trinajstić information content (AvgIpc) is 3.15. The molecule has 0 bridgehead atoms. The highest BCUT2D eigenvalue weighted by molar-refractivity contribution is 7.92. The molecular formula is C23H23F2N3O6S. The number of halogens is 2. The van der Waals surface area contributed by atoms with E-state index in [1.165, 1.54) is 18.9 Å². The molecule has 1 aromatic heterocycles. The van der Waals surface area contributed by atoms with Gasteiger partial charge in [0.1, 0.15) is 11.4 Å². The van der Waals surface area contributed by atoms with Crippen LogP contribution in [0.1, 0.15) is 49.3 Å². The fourth-order valence-electron chi connectivity index (χ4n) is 3.52. The van der Waals surface area contributed by atoms with Crippen LogP contribution >= 0.6 is 0 Å². The molecule has 35 heavy (non-hydrogen) atoms. The summed E-state index contributed by atoms with van der Waals surface area (Å²) >= 11 is 0. The number of sulfonamides is 1. The molecule has 1 atom stereocenters. The lowest BCUT2D eigenvalue weighted by Gasteiger charge is -2.25. The average molecular weight is 508 g/mol. The Kier molecular flexibility index (Phi) is 6.92. The minimum atomic E-state index is -3.88. The first-order valence-electron chi connectivity index (χ1n) is 10.8. The predicted octanol–water partition coefficient (Wildman–Crippen LogP) is 5.23. The van der Waals surface area contributed by atoms with Gasteiger partial charge >= 0.3 is 12.2 Å². The van der Waals surface area contributed by atoms with Gasteiger partial charge in [0.15, 0.2) is 17.9 Å². The van der Waals surface area contributed by atoms with Crippen molar-refractivity contribution in [2.24, 2.45) is 0 Å². The molecule has 1 saturated carbocycles. The van der Waals surface area contributed by atoms with Gasteiger partial charge in [0, 0.05) is 0 Å². The lowest BCUT2D eigenvalue weighted by Crippen LogP contribution is -2.29. The third kappa shape index (κ3) is 6.27. The fraction of sp³-hybridized carbons (Fsp3) is 0.304. The molecule has 3 aromatic rings. The maximum absolute atomic E-state index is 14.2. The van der Waals surface area contributed by atoms with Gasteiger partial charge in [-0.1, -0.05) is 18.6 Å². The quantitative estimate of drug-likeness (QED) is 0.428. The molecule has 9 nitrogen and oxygen atoms in total. The zero-order valence-electron chi connectivity index (χ0n) is 18.9. The van der Waals surface area contributed by atoms with E-state index in [9.17, 15) is 22.0 Å². The maximum atomic E-state index is 14.2. The Hall–Kier alpha value is -3.67. The molecule has 1 amide bonds. The summed E-state index contributed by atoms with van der Waals surface area (Å²) in [6, 6.07) is 8.53. The molecule has 186 valence electrons. The molecule has 2 N–H and O–H groups in total. The highest BCUT2D eigenvalue weighted by Gasteiger charge is 2.21. The third-order valence-electron chi connectivity index (χ3n) is 5.49. The van der Waals surface area contributed by atoms with Crippen LogP contribution in [0.3, 0.4) is 0 Å². The summed E-state index contributed by atoms with van der Waals surface area (Å²) in [6.07, 6.45) is 4.29. The van der Waals surface area contributed by atoms with Gasteiger partial charge in [-0.15, -0.1) is 4.98 Å². The van der Waals surface area contributed by atoms with Crippen LogP contribution < -0.4 is 19.5 Å². The molecule has 0 spiro atoms. The van der Waals surface area contributed by atoms with Crippen molar-refractivity contribution in [1.29, 1.82) is 0 Å². The highest BCUT2D eigenvalue weighted by Crippen LogP contribution is 2.38. The van der Waals surface area contributed by atoms with Crippen molar-refractivity contribution in [3.63, 3.8) is 0 Å². The van der Waals surface area contributed by atoms with Crippen molar-refractivity contribution < 1.29 is 35.9 Å². The number of carbonyl (C=O) groups is 1. The van der Waals surface area contributed by atoms with Gasteiger partial charge in [0.05, 0.1) is 12.3 Å². The first kappa shape index (κ1) is 24.5. The lowest BCUT2D eigenvalue weighted by atomic mass is 9.80. The number of hydrogen-bond donors (Lipinski definition) is 2. The number of amides is 1. The van der Waals surface area contributed by atoms with Crippen LogP contribution in [-0.4, -0.2) is 25.8 Å². The highest BCUT2D eigenvalue weighted by atomic mass is 32.2. The molecule has 4 rings (SSSR count). The van der Waals surface area contributed by atoms with Gasteiger partial charge in [-0.3, -0.25) is 4.72 Å². The Labute approximate surface area is 200 Å². The number of nitrogens with one attached hydrogen (secondary N) is 2. The van der Waals surface area contributed by atoms with Crippen LogP contribution in [0.5, 0.6) is 17.7 Å². The van der Waals surface area contributed by atoms with Crippen molar-refractivity contribution in [3.8, 4) is 17.7 Å². The molecule has 1 aliphatic rings. The Morgan fingerprint density at radius 3 is 2.54 bits per heavy atom. The van der Waals surface area contributed by atoms with Crippen LogP contribution in [0.15, 0.2) is 47.1 Å². The van der Waals surface area contributed by atoms with Crippen LogP contribution in [-0.2, 0) is 10.0 Å². The van der Waals surface area contributed by atoms with E-state index >= 15 is 0 Å². The molecule has 1 fully saturated rings. The Morgan fingerprint density at radius 1 is 1.20 bits per heavy atom. The van der Waals surface area contributed by atoms with E-state index in [0.29, 0.717) is 11.7 Å². The first-order valence-corrected chi connectivity index (χ1v) is 12.6. The number of anilines is 1. The lowest BCUT2D eigenvalue weighted by molar-refractivity contribution is 0.195. The molecular weight excluding hydrogens is 484 g/mol. The van der Waals surface area contributed by atoms with Crippen LogP contribution in [0.2, 0.25) is 0 Å². The van der Waals surface area contributed by atoms with Gasteiger partial charge < -0.3 is 19.2 Å². The van der Waals surface area contributed by atoms with Gasteiger partial charge in [-0.2, -0.15) is 0 Å². The summed E-state index contributed by atoms with van der Waals surface area (Å²) < 4.78 is 68.6. The summed E-state index contributed by atoms with van der Waals surface area (Å²) in [6.45, 7) is 1.46. The standard InChI is InChI=1S/C23H23F2N3O6S/c1-13(16-10-18(24)21(19(25)11-16)28-35(2,30)31)26-22(29)34-20-12-32-23(27-20)33-17-8-4-7-15(9-17)14-5-3-6-14/h4,7-14,28H,3,5-6H2,1-2H3,(H,26,29). The SMILES string of the molecule is CC(NC(=O)Oc1coc(Oc2cccc(C3CCC3)c2)n1)c1cc(F)c(NS(C)(=O)=O)c(F)c1. The molecule has 1 aliphatic carbocycles. The molecule has 1 unspecified atom stereocenters. The number of nitrogens with zero attached hydrogens (tertiary/aromatic N) is 1. The second-order valence-electron chi connectivity index (χ2n) is 8.24. The van der Waals surface area contributed by atoms with Gasteiger partial charge in [-0.25, -0.2) is 22.0 Å². The smallest absolute Gasteiger partial charge is 0.413 e. The van der Waals surface area contributed by atoms with Crippen molar-refractivity contribution in [2.75, 3.05) is 11.0 Å². The summed E-state index contributed by atoms with van der Waals surface area (Å²) in [4.78, 5) is 16.2. The van der Waals surface area contributed by atoms with E-state index in [1.807, 2.05) is 18.2 Å². The second-order valence-corrected chi connectivity index (χ2v) is 9.99. The second kappa shape index (κ2) is 9.90. The van der Waals surface area contributed by atoms with Crippen molar-refractivity contribution in [3.05, 3.63) is 65.4 Å². The van der Waals surface area contributed by atoms with E-state index in [1.54, 1.807) is 10.8 Å². The first-order chi connectivity index (χ1) is 16.6. The molecule has 2 aromatic carbocycles. The number of hydrogen-bond acceptors (Lipinski definition) is 7. The van der Waals surface area contributed by atoms with Crippen molar-refractivity contribution >= 4 is 21.8 Å². The minimum Gasteiger partial charge on any atom is -0.413 e. The van der Waals surface area contributed by atoms with E-state index in [0.717, 1.165) is 37.5 Å². The van der Waals surface area contributed by atoms with E-state index < -0.39 is 39.5 Å². The number of ether oxygens (including phenoxy) is 2. The number of aromatic nitrogens is 1. The van der Waals surface area contributed by atoms with Gasteiger partial charge in [-0.05, 0) is 61.1 Å². The maximum Gasteiger partial charge on any atom is 0.414 e. The number of carbonyl (C=O) groups excluding carboxylic acids is 1. The monoisotopic (exact) mass is 507 g/mol. The fourth-order valence-corrected chi connectivity index (χ4v) is 4.09. The normalized spacial score (nSPS) is 14.6. The van der Waals surface area contributed by atoms with Gasteiger partial charge in [0.2, 0.25) is 10.0 Å². The summed E-state index contributed by atoms with van der Waals surface area (Å²) in [5.41, 5.74) is 0.420. The summed E-state index contributed by atoms with van der Waals surface area (Å²) in [5.74, 6) is -1.37. The zero-order chi connectivity index (χ0) is 25.2. The minimum absolute atomic E-state index is 0.0477. The Morgan fingerprint density at radius 2 is 1.91 bits per heavy atom. The molecule has 12 heteroatoms. The van der Waals surface area contributed by atoms with Gasteiger partial charge in [0.25, 0.3) is 5.88 Å². The summed E-state index contributed by atoms with van der Waals surface area (Å²) in [5, 5.41) is 2.40. The van der Waals surface area contributed by atoms with Crippen molar-refractivity contribution in [2.45, 2.75) is 38.1 Å². The number of oxazole rings is 1. The number of rotatable bonds is 8. The van der Waals surface area contributed by atoms with E-state index in [2.05, 4.69) is 10.3 Å². The van der Waals surface area contributed by atoms with E-state index in [4.69, 9.17) is 13.9 Å². The topological polar surface area (TPSA) is 120 Å². The molecule has 0 saturated heterocycles. The Bertz CT molecular complexity index is 1320. The zero-order valence-corrected chi connectivity index (χ0v) is 19.7. The molecule has 0 aliphatic heterocycles. The number of benzene rings is 2. The third-order valence-corrected chi connectivity index (χ3v) is 6.06. The van der Waals surface area contributed by atoms with Crippen LogP contribution in [0.25, 0.3) is 0 Å². The molecule has 1 heterocycles. The molecule has 0 radical (unpaired) electrons. The Balaban J connectivity index is 1.35. The van der Waals surface area contributed by atoms with E-state index in [-0.39, 0.29) is 17.5 Å². The largest absolute Gasteiger partial charge is 0.414 e. The predicted molar refractivity (Wildman–Crippen MR) is 122 cm³/mol. The summed E-state index contributed by atoms with van der Waals surface area (Å²) in [7, 11) is -3.88. The van der Waals surface area contributed by atoms with Crippen LogP contribution in [0.4, 0.5) is 19.3 Å². The van der Waals surface area contributed by atoms with Crippen LogP contribution in [0, 0.1) is 11.6 Å². The van der Waals surface area contributed by atoms with Crippen molar-refractivity contribution in [1.82, 2.24) is 10.3 Å².